The first kappa shape index (κ1) is 23.7. The summed E-state index contributed by atoms with van der Waals surface area (Å²) in [6.07, 6.45) is 1.72. The number of carbonyl (C=O) groups excluding carboxylic acids is 2. The van der Waals surface area contributed by atoms with Gasteiger partial charge in [-0.3, -0.25) is 14.5 Å². The van der Waals surface area contributed by atoms with Gasteiger partial charge in [-0.25, -0.2) is 0 Å². The normalized spacial score (nSPS) is 14.6. The van der Waals surface area contributed by atoms with E-state index in [-0.39, 0.29) is 17.7 Å². The lowest BCUT2D eigenvalue weighted by Gasteiger charge is -2.14. The fourth-order valence-electron chi connectivity index (χ4n) is 4.24. The Bertz CT molecular complexity index is 1490. The molecule has 0 bridgehead atoms. The summed E-state index contributed by atoms with van der Waals surface area (Å²) in [5, 5.41) is 1.84. The Morgan fingerprint density at radius 1 is 0.889 bits per heavy atom. The molecule has 6 heteroatoms. The summed E-state index contributed by atoms with van der Waals surface area (Å²) >= 11 is 0.954. The summed E-state index contributed by atoms with van der Waals surface area (Å²) in [7, 11) is 1.58. The van der Waals surface area contributed by atoms with Gasteiger partial charge in [0, 0.05) is 0 Å². The van der Waals surface area contributed by atoms with E-state index in [2.05, 4.69) is 6.07 Å². The number of nitrogens with zero attached hydrogens (tertiary/aromatic N) is 1. The minimum Gasteiger partial charge on any atom is -0.493 e. The molecule has 2 amide bonds. The van der Waals surface area contributed by atoms with Gasteiger partial charge in [0.1, 0.15) is 6.61 Å². The molecule has 0 saturated carbocycles. The molecule has 0 unspecified atom stereocenters. The van der Waals surface area contributed by atoms with Crippen LogP contribution in [0.2, 0.25) is 0 Å². The zero-order valence-electron chi connectivity index (χ0n) is 20.1. The Morgan fingerprint density at radius 2 is 1.69 bits per heavy atom. The number of hydrogen-bond acceptors (Lipinski definition) is 5. The highest BCUT2D eigenvalue weighted by atomic mass is 32.2. The van der Waals surface area contributed by atoms with Crippen LogP contribution in [0, 0.1) is 6.92 Å². The molecule has 0 spiro atoms. The molecule has 0 aromatic heterocycles. The van der Waals surface area contributed by atoms with E-state index in [1.165, 1.54) is 10.5 Å². The molecule has 0 atom stereocenters. The van der Waals surface area contributed by atoms with Crippen molar-refractivity contribution >= 4 is 39.8 Å². The van der Waals surface area contributed by atoms with Gasteiger partial charge in [-0.15, -0.1) is 0 Å². The van der Waals surface area contributed by atoms with E-state index in [1.54, 1.807) is 13.2 Å². The molecule has 1 aliphatic heterocycles. The molecule has 1 saturated heterocycles. The third-order valence-electron chi connectivity index (χ3n) is 6.04. The lowest BCUT2D eigenvalue weighted by atomic mass is 10.0. The van der Waals surface area contributed by atoms with Crippen molar-refractivity contribution in [3.05, 3.63) is 112 Å². The van der Waals surface area contributed by atoms with Crippen molar-refractivity contribution in [3.63, 3.8) is 0 Å². The number of benzene rings is 4. The number of aryl methyl sites for hydroxylation is 1. The molecule has 5 nitrogen and oxygen atoms in total. The van der Waals surface area contributed by atoms with Crippen LogP contribution in [0.3, 0.4) is 0 Å². The van der Waals surface area contributed by atoms with E-state index >= 15 is 0 Å². The van der Waals surface area contributed by atoms with Crippen LogP contribution in [0.4, 0.5) is 4.79 Å². The van der Waals surface area contributed by atoms with E-state index in [0.717, 1.165) is 39.2 Å². The van der Waals surface area contributed by atoms with Gasteiger partial charge < -0.3 is 9.47 Å². The van der Waals surface area contributed by atoms with Gasteiger partial charge in [0.2, 0.25) is 0 Å². The average Bonchev–Trinajstić information content (AvgIpc) is 3.15. The van der Waals surface area contributed by atoms with Crippen molar-refractivity contribution < 1.29 is 19.1 Å². The Labute approximate surface area is 214 Å². The molecular weight excluding hydrogens is 470 g/mol. The van der Waals surface area contributed by atoms with Gasteiger partial charge in [-0.2, -0.15) is 0 Å². The van der Waals surface area contributed by atoms with Crippen LogP contribution >= 0.6 is 11.8 Å². The number of hydrogen-bond donors (Lipinski definition) is 0. The molecule has 1 fully saturated rings. The van der Waals surface area contributed by atoms with Gasteiger partial charge >= 0.3 is 0 Å². The standard InChI is InChI=1S/C30H25NO4S/c1-20-7-5-8-22(15-20)19-35-26-14-13-21(16-27(26)34-2)17-28-29(32)31(30(33)36-28)18-24-11-6-10-23-9-3-4-12-25(23)24/h3-17H,18-19H2,1-2H3/b28-17+. The van der Waals surface area contributed by atoms with E-state index < -0.39 is 0 Å². The summed E-state index contributed by atoms with van der Waals surface area (Å²) in [4.78, 5) is 27.5. The van der Waals surface area contributed by atoms with Crippen molar-refractivity contribution in [2.75, 3.05) is 7.11 Å². The van der Waals surface area contributed by atoms with Crippen LogP contribution in [-0.4, -0.2) is 23.2 Å². The predicted octanol–water partition coefficient (Wildman–Crippen LogP) is 6.97. The average molecular weight is 496 g/mol. The second kappa shape index (κ2) is 10.3. The molecule has 0 aliphatic carbocycles. The molecule has 4 aromatic rings. The van der Waals surface area contributed by atoms with Crippen molar-refractivity contribution in [2.45, 2.75) is 20.1 Å². The van der Waals surface area contributed by atoms with Crippen LogP contribution in [-0.2, 0) is 17.9 Å². The molecule has 1 heterocycles. The third-order valence-corrected chi connectivity index (χ3v) is 6.95. The van der Waals surface area contributed by atoms with Crippen LogP contribution in [0.5, 0.6) is 11.5 Å². The number of fused-ring (bicyclic) bond motifs is 1. The van der Waals surface area contributed by atoms with Crippen molar-refractivity contribution in [1.29, 1.82) is 0 Å². The largest absolute Gasteiger partial charge is 0.493 e. The van der Waals surface area contributed by atoms with Crippen LogP contribution in [0.1, 0.15) is 22.3 Å². The second-order valence-electron chi connectivity index (χ2n) is 8.59. The number of amides is 2. The fraction of sp³-hybridized carbons (Fsp3) is 0.133. The molecule has 0 radical (unpaired) electrons. The number of carbonyl (C=O) groups is 2. The first-order chi connectivity index (χ1) is 17.5. The number of ether oxygens (including phenoxy) is 2. The minimum absolute atomic E-state index is 0.235. The number of rotatable bonds is 7. The van der Waals surface area contributed by atoms with Crippen molar-refractivity contribution in [3.8, 4) is 11.5 Å². The number of imide groups is 1. The van der Waals surface area contributed by atoms with Gasteiger partial charge in [0.15, 0.2) is 11.5 Å². The lowest BCUT2D eigenvalue weighted by molar-refractivity contribution is -0.123. The Morgan fingerprint density at radius 3 is 2.53 bits per heavy atom. The highest BCUT2D eigenvalue weighted by Crippen LogP contribution is 2.36. The van der Waals surface area contributed by atoms with Crippen LogP contribution in [0.25, 0.3) is 16.8 Å². The Kier molecular flexibility index (Phi) is 6.78. The molecule has 4 aromatic carbocycles. The monoisotopic (exact) mass is 495 g/mol. The summed E-state index contributed by atoms with van der Waals surface area (Å²) in [5.74, 6) is 0.878. The van der Waals surface area contributed by atoms with Crippen molar-refractivity contribution in [2.24, 2.45) is 0 Å². The van der Waals surface area contributed by atoms with Crippen LogP contribution in [0.15, 0.2) is 89.8 Å². The zero-order valence-corrected chi connectivity index (χ0v) is 20.9. The van der Waals surface area contributed by atoms with Crippen LogP contribution < -0.4 is 9.47 Å². The summed E-state index contributed by atoms with van der Waals surface area (Å²) in [6, 6.07) is 27.5. The number of methoxy groups -OCH3 is 1. The third kappa shape index (κ3) is 4.99. The van der Waals surface area contributed by atoms with Gasteiger partial charge in [-0.1, -0.05) is 78.4 Å². The first-order valence-corrected chi connectivity index (χ1v) is 12.4. The maximum atomic E-state index is 13.1. The maximum absolute atomic E-state index is 13.1. The lowest BCUT2D eigenvalue weighted by Crippen LogP contribution is -2.27. The summed E-state index contributed by atoms with van der Waals surface area (Å²) in [6.45, 7) is 2.70. The molecule has 36 heavy (non-hydrogen) atoms. The molecular formula is C30H25NO4S. The fourth-order valence-corrected chi connectivity index (χ4v) is 5.08. The maximum Gasteiger partial charge on any atom is 0.293 e. The molecule has 180 valence electrons. The highest BCUT2D eigenvalue weighted by molar-refractivity contribution is 8.18. The second-order valence-corrected chi connectivity index (χ2v) is 9.59. The molecule has 0 N–H and O–H groups in total. The van der Waals surface area contributed by atoms with Gasteiger partial charge in [0.05, 0.1) is 18.6 Å². The van der Waals surface area contributed by atoms with Gasteiger partial charge in [-0.05, 0) is 64.4 Å². The number of thioether (sulfide) groups is 1. The quantitative estimate of drug-likeness (QED) is 0.259. The van der Waals surface area contributed by atoms with E-state index in [1.807, 2.05) is 85.8 Å². The van der Waals surface area contributed by atoms with E-state index in [0.29, 0.717) is 23.0 Å². The van der Waals surface area contributed by atoms with Gasteiger partial charge in [0.25, 0.3) is 11.1 Å². The zero-order chi connectivity index (χ0) is 25.1. The first-order valence-electron chi connectivity index (χ1n) is 11.6. The highest BCUT2D eigenvalue weighted by Gasteiger charge is 2.35. The van der Waals surface area contributed by atoms with E-state index in [4.69, 9.17) is 9.47 Å². The topological polar surface area (TPSA) is 55.8 Å². The Balaban J connectivity index is 1.33. The van der Waals surface area contributed by atoms with E-state index in [9.17, 15) is 9.59 Å². The summed E-state index contributed by atoms with van der Waals surface area (Å²) < 4.78 is 11.5. The van der Waals surface area contributed by atoms with Crippen molar-refractivity contribution in [1.82, 2.24) is 4.90 Å². The summed E-state index contributed by atoms with van der Waals surface area (Å²) in [5.41, 5.74) is 3.94. The SMILES string of the molecule is COc1cc(/C=C2/SC(=O)N(Cc3cccc4ccccc34)C2=O)ccc1OCc1cccc(C)c1. The molecule has 1 aliphatic rings. The predicted molar refractivity (Wildman–Crippen MR) is 144 cm³/mol. The minimum atomic E-state index is -0.295. The smallest absolute Gasteiger partial charge is 0.293 e. The Hall–Kier alpha value is -4.03. The molecule has 5 rings (SSSR count).